The van der Waals surface area contributed by atoms with Gasteiger partial charge in [-0.25, -0.2) is 0 Å². The van der Waals surface area contributed by atoms with E-state index >= 15 is 0 Å². The molecule has 0 atom stereocenters. The molecule has 2 heterocycles. The molecule has 4 rings (SSSR count). The van der Waals surface area contributed by atoms with Gasteiger partial charge < -0.3 is 10.4 Å². The largest absolute Gasteiger partial charge is 0.516 e. The predicted octanol–water partition coefficient (Wildman–Crippen LogP) is 5.85. The highest BCUT2D eigenvalue weighted by atomic mass is 32.2. The van der Waals surface area contributed by atoms with E-state index < -0.39 is 0 Å². The molecule has 0 spiro atoms. The van der Waals surface area contributed by atoms with Crippen LogP contribution in [0.5, 0.6) is 0 Å². The van der Waals surface area contributed by atoms with E-state index in [4.69, 9.17) is 5.11 Å². The third-order valence-corrected chi connectivity index (χ3v) is 5.13. The minimum atomic E-state index is 1.00. The highest BCUT2D eigenvalue weighted by Crippen LogP contribution is 2.28. The van der Waals surface area contributed by atoms with E-state index in [0.29, 0.717) is 0 Å². The van der Waals surface area contributed by atoms with Crippen LogP contribution < -0.4 is 5.32 Å². The lowest BCUT2D eigenvalue weighted by Crippen LogP contribution is -2.10. The molecule has 0 radical (unpaired) electrons. The van der Waals surface area contributed by atoms with Crippen molar-refractivity contribution in [1.29, 1.82) is 0 Å². The summed E-state index contributed by atoms with van der Waals surface area (Å²) in [4.78, 5) is 1.49. The Morgan fingerprint density at radius 3 is 2.33 bits per heavy atom. The highest BCUT2D eigenvalue weighted by molar-refractivity contribution is 7.99. The van der Waals surface area contributed by atoms with Crippen LogP contribution in [0, 0.1) is 0 Å². The summed E-state index contributed by atoms with van der Waals surface area (Å²) in [5, 5.41) is 11.1. The topological polar surface area (TPSA) is 32.3 Å². The first kappa shape index (κ1) is 18.5. The Morgan fingerprint density at radius 2 is 1.62 bits per heavy atom. The minimum absolute atomic E-state index is 1.00. The van der Waals surface area contributed by atoms with E-state index in [-0.39, 0.29) is 0 Å². The van der Waals surface area contributed by atoms with Crippen LogP contribution in [0.3, 0.4) is 0 Å². The van der Waals surface area contributed by atoms with Gasteiger partial charge in [-0.15, -0.1) is 11.8 Å². The molecule has 0 amide bonds. The molecule has 2 aliphatic heterocycles. The molecular formula is C21H27NOS. The maximum absolute atomic E-state index is 7.69. The van der Waals surface area contributed by atoms with Crippen LogP contribution in [0.25, 0.3) is 0 Å². The molecule has 2 aromatic carbocycles. The number of aliphatic hydroxyl groups is 1. The summed E-state index contributed by atoms with van der Waals surface area (Å²) in [6, 6.07) is 17.2. The number of aryl methyl sites for hydroxylation is 2. The van der Waals surface area contributed by atoms with Crippen molar-refractivity contribution in [1.82, 2.24) is 0 Å². The van der Waals surface area contributed by atoms with Gasteiger partial charge in [0.2, 0.25) is 0 Å². The number of benzene rings is 2. The fourth-order valence-electron chi connectivity index (χ4n) is 2.71. The van der Waals surface area contributed by atoms with Gasteiger partial charge >= 0.3 is 0 Å². The van der Waals surface area contributed by atoms with Crippen LogP contribution in [-0.4, -0.2) is 17.4 Å². The van der Waals surface area contributed by atoms with E-state index in [0.717, 1.165) is 12.8 Å². The van der Waals surface area contributed by atoms with Crippen LogP contribution in [0.2, 0.25) is 0 Å². The Balaban J connectivity index is 0.000000143. The van der Waals surface area contributed by atoms with E-state index in [1.165, 1.54) is 47.6 Å². The number of aliphatic hydroxyl groups excluding tert-OH is 1. The third kappa shape index (κ3) is 5.97. The molecule has 0 unspecified atom stereocenters. The highest BCUT2D eigenvalue weighted by Gasteiger charge is 2.06. The Bertz CT molecular complexity index is 534. The van der Waals surface area contributed by atoms with Crippen molar-refractivity contribution < 1.29 is 5.11 Å². The number of hydrogen-bond acceptors (Lipinski definition) is 3. The van der Waals surface area contributed by atoms with Gasteiger partial charge in [-0.05, 0) is 61.6 Å². The summed E-state index contributed by atoms with van der Waals surface area (Å²) in [5.74, 6) is 1.30. The van der Waals surface area contributed by atoms with Crippen LogP contribution in [0.4, 0.5) is 5.69 Å². The standard InChI is InChI=1S/C9H11N.C9H10S.C3H6O/c2*1-2-6-9-8(4-1)5-3-7-10-9;1-2-3-4/h1-2,4,6,10H,3,5,7H2;1-2,4,6H,3,5,7H2;2-4H,1H3/b;;3-2-. The maximum atomic E-state index is 7.69. The molecule has 0 aromatic heterocycles. The fourth-order valence-corrected chi connectivity index (χ4v) is 3.75. The number of anilines is 1. The summed E-state index contributed by atoms with van der Waals surface area (Å²) in [7, 11) is 0. The molecular weight excluding hydrogens is 314 g/mol. The number of allylic oxidation sites excluding steroid dienone is 1. The number of hydrogen-bond donors (Lipinski definition) is 2. The third-order valence-electron chi connectivity index (χ3n) is 3.93. The summed E-state index contributed by atoms with van der Waals surface area (Å²) in [6.07, 6.45) is 7.70. The molecule has 2 aliphatic rings. The van der Waals surface area contributed by atoms with Crippen molar-refractivity contribution in [3.05, 3.63) is 72.0 Å². The van der Waals surface area contributed by atoms with Crippen molar-refractivity contribution in [2.45, 2.75) is 37.5 Å². The van der Waals surface area contributed by atoms with Gasteiger partial charge in [-0.2, -0.15) is 0 Å². The van der Waals surface area contributed by atoms with Crippen molar-refractivity contribution in [2.24, 2.45) is 0 Å². The first-order chi connectivity index (χ1) is 11.8. The first-order valence-electron chi connectivity index (χ1n) is 8.63. The summed E-state index contributed by atoms with van der Waals surface area (Å²) in [6.45, 7) is 2.89. The molecule has 2 nitrogen and oxygen atoms in total. The van der Waals surface area contributed by atoms with E-state index in [1.54, 1.807) is 18.6 Å². The van der Waals surface area contributed by atoms with Crippen LogP contribution in [0.1, 0.15) is 30.9 Å². The Hall–Kier alpha value is -1.87. The smallest absolute Gasteiger partial charge is 0.0748 e. The molecule has 2 N–H and O–H groups in total. The zero-order chi connectivity index (χ0) is 17.0. The molecule has 128 valence electrons. The molecule has 24 heavy (non-hydrogen) atoms. The maximum Gasteiger partial charge on any atom is 0.0748 e. The van der Waals surface area contributed by atoms with Crippen molar-refractivity contribution >= 4 is 17.4 Å². The van der Waals surface area contributed by atoms with Gasteiger partial charge in [0, 0.05) is 17.1 Å². The van der Waals surface area contributed by atoms with E-state index in [2.05, 4.69) is 53.8 Å². The second-order valence-electron chi connectivity index (χ2n) is 5.73. The average Bonchev–Trinajstić information content (AvgIpc) is 2.69. The van der Waals surface area contributed by atoms with Gasteiger partial charge in [0.15, 0.2) is 0 Å². The molecule has 3 heteroatoms. The number of nitrogens with one attached hydrogen (secondary N) is 1. The lowest BCUT2D eigenvalue weighted by molar-refractivity contribution is 0.472. The molecule has 0 aliphatic carbocycles. The predicted molar refractivity (Wildman–Crippen MR) is 106 cm³/mol. The molecule has 0 bridgehead atoms. The molecule has 2 aromatic rings. The van der Waals surface area contributed by atoms with Crippen molar-refractivity contribution in [3.8, 4) is 0 Å². The van der Waals surface area contributed by atoms with Gasteiger partial charge in [-0.1, -0.05) is 42.5 Å². The van der Waals surface area contributed by atoms with Crippen LogP contribution >= 0.6 is 11.8 Å². The Labute approximate surface area is 150 Å². The SMILES string of the molecule is C/C=C\O.c1ccc2c(c1)CCCN2.c1ccc2c(c1)CCCS2. The Morgan fingerprint density at radius 1 is 0.958 bits per heavy atom. The molecule has 0 saturated heterocycles. The molecule has 0 fully saturated rings. The number of para-hydroxylation sites is 1. The van der Waals surface area contributed by atoms with E-state index in [9.17, 15) is 0 Å². The van der Waals surface area contributed by atoms with Crippen molar-refractivity contribution in [2.75, 3.05) is 17.6 Å². The van der Waals surface area contributed by atoms with Gasteiger partial charge in [-0.3, -0.25) is 0 Å². The zero-order valence-electron chi connectivity index (χ0n) is 14.4. The quantitative estimate of drug-likeness (QED) is 0.590. The van der Waals surface area contributed by atoms with Crippen LogP contribution in [0.15, 0.2) is 65.8 Å². The zero-order valence-corrected chi connectivity index (χ0v) is 15.2. The Kier molecular flexibility index (Phi) is 8.33. The lowest BCUT2D eigenvalue weighted by Gasteiger charge is -2.16. The number of rotatable bonds is 0. The summed E-state index contributed by atoms with van der Waals surface area (Å²) < 4.78 is 0. The second kappa shape index (κ2) is 10.8. The van der Waals surface area contributed by atoms with Gasteiger partial charge in [0.1, 0.15) is 0 Å². The van der Waals surface area contributed by atoms with Crippen LogP contribution in [-0.2, 0) is 12.8 Å². The number of thioether (sulfide) groups is 1. The normalized spacial score (nSPS) is 14.9. The number of fused-ring (bicyclic) bond motifs is 2. The monoisotopic (exact) mass is 341 g/mol. The average molecular weight is 342 g/mol. The van der Waals surface area contributed by atoms with Gasteiger partial charge in [0.25, 0.3) is 0 Å². The van der Waals surface area contributed by atoms with Crippen molar-refractivity contribution in [3.63, 3.8) is 0 Å². The minimum Gasteiger partial charge on any atom is -0.516 e. The summed E-state index contributed by atoms with van der Waals surface area (Å²) >= 11 is 1.99. The first-order valence-corrected chi connectivity index (χ1v) is 9.61. The lowest BCUT2D eigenvalue weighted by atomic mass is 10.0. The van der Waals surface area contributed by atoms with E-state index in [1.807, 2.05) is 11.8 Å². The molecule has 0 saturated carbocycles. The second-order valence-corrected chi connectivity index (χ2v) is 6.87. The fraction of sp³-hybridized carbons (Fsp3) is 0.333. The summed E-state index contributed by atoms with van der Waals surface area (Å²) in [5.41, 5.74) is 4.33. The van der Waals surface area contributed by atoms with Gasteiger partial charge in [0.05, 0.1) is 6.26 Å².